The van der Waals surface area contributed by atoms with Crippen molar-refractivity contribution in [2.24, 2.45) is 5.92 Å². The number of hydrogen-bond donors (Lipinski definition) is 2. The number of ether oxygens (including phenoxy) is 1. The number of benzene rings is 1. The molecule has 0 amide bonds. The van der Waals surface area contributed by atoms with Crippen molar-refractivity contribution in [3.8, 4) is 17.1 Å². The summed E-state index contributed by atoms with van der Waals surface area (Å²) in [6, 6.07) is 7.41. The number of aromatic nitrogens is 2. The van der Waals surface area contributed by atoms with Crippen molar-refractivity contribution in [3.63, 3.8) is 0 Å². The quantitative estimate of drug-likeness (QED) is 0.853. The molecule has 22 heavy (non-hydrogen) atoms. The molecule has 2 aromatic rings. The molecule has 2 N–H and O–H groups in total. The molecule has 0 aliphatic heterocycles. The molecule has 0 fully saturated rings. The Morgan fingerprint density at radius 2 is 2.00 bits per heavy atom. The van der Waals surface area contributed by atoms with Gasteiger partial charge in [-0.05, 0) is 30.2 Å². The Morgan fingerprint density at radius 3 is 2.55 bits per heavy atom. The summed E-state index contributed by atoms with van der Waals surface area (Å²) in [6.45, 7) is 4.84. The van der Waals surface area contributed by atoms with Crippen molar-refractivity contribution >= 4 is 11.8 Å². The summed E-state index contributed by atoms with van der Waals surface area (Å²) in [4.78, 5) is 19.4. The number of anilines is 1. The summed E-state index contributed by atoms with van der Waals surface area (Å²) in [5, 5.41) is 11.8. The van der Waals surface area contributed by atoms with Crippen LogP contribution in [0.15, 0.2) is 30.5 Å². The van der Waals surface area contributed by atoms with Gasteiger partial charge in [-0.1, -0.05) is 13.8 Å². The van der Waals surface area contributed by atoms with Crippen LogP contribution in [-0.4, -0.2) is 34.7 Å². The Bertz CT molecular complexity index is 654. The molecule has 6 nitrogen and oxygen atoms in total. The Morgan fingerprint density at radius 1 is 1.32 bits per heavy atom. The van der Waals surface area contributed by atoms with Gasteiger partial charge in [0.15, 0.2) is 5.82 Å². The van der Waals surface area contributed by atoms with Gasteiger partial charge < -0.3 is 15.2 Å². The number of nitrogens with zero attached hydrogens (tertiary/aromatic N) is 2. The topological polar surface area (TPSA) is 84.3 Å². The van der Waals surface area contributed by atoms with Crippen LogP contribution in [-0.2, 0) is 0 Å². The summed E-state index contributed by atoms with van der Waals surface area (Å²) < 4.78 is 5.62. The van der Waals surface area contributed by atoms with Gasteiger partial charge in [0.05, 0.1) is 6.61 Å². The maximum atomic E-state index is 11.1. The molecule has 1 aromatic carbocycles. The first-order chi connectivity index (χ1) is 10.5. The predicted molar refractivity (Wildman–Crippen MR) is 84.3 cm³/mol. The third-order valence-corrected chi connectivity index (χ3v) is 2.95. The van der Waals surface area contributed by atoms with E-state index in [4.69, 9.17) is 9.84 Å². The van der Waals surface area contributed by atoms with Crippen LogP contribution in [0.5, 0.6) is 5.75 Å². The fourth-order valence-corrected chi connectivity index (χ4v) is 1.83. The van der Waals surface area contributed by atoms with E-state index in [1.54, 1.807) is 7.05 Å². The smallest absolute Gasteiger partial charge is 0.341 e. The normalized spacial score (nSPS) is 10.5. The average Bonchev–Trinajstić information content (AvgIpc) is 2.52. The number of carboxylic acid groups (broad SMARTS) is 1. The van der Waals surface area contributed by atoms with Gasteiger partial charge in [-0.2, -0.15) is 0 Å². The predicted octanol–water partition coefficient (Wildman–Crippen LogP) is 2.92. The van der Waals surface area contributed by atoms with E-state index in [0.29, 0.717) is 18.3 Å². The number of aromatic carboxylic acids is 1. The summed E-state index contributed by atoms with van der Waals surface area (Å²) in [5.41, 5.74) is 0.841. The van der Waals surface area contributed by atoms with Crippen LogP contribution >= 0.6 is 0 Å². The number of carboxylic acids is 1. The number of hydrogen-bond acceptors (Lipinski definition) is 5. The largest absolute Gasteiger partial charge is 0.493 e. The van der Waals surface area contributed by atoms with E-state index in [0.717, 1.165) is 11.3 Å². The van der Waals surface area contributed by atoms with Crippen molar-refractivity contribution in [3.05, 3.63) is 36.0 Å². The van der Waals surface area contributed by atoms with Crippen molar-refractivity contribution in [1.29, 1.82) is 0 Å². The molecule has 0 atom stereocenters. The zero-order valence-electron chi connectivity index (χ0n) is 12.8. The molecule has 116 valence electrons. The van der Waals surface area contributed by atoms with Crippen LogP contribution in [0.2, 0.25) is 0 Å². The fourth-order valence-electron chi connectivity index (χ4n) is 1.83. The van der Waals surface area contributed by atoms with Crippen molar-refractivity contribution < 1.29 is 14.6 Å². The van der Waals surface area contributed by atoms with Gasteiger partial charge in [0.25, 0.3) is 0 Å². The van der Waals surface area contributed by atoms with Crippen LogP contribution in [0.4, 0.5) is 5.82 Å². The molecule has 0 spiro atoms. The van der Waals surface area contributed by atoms with E-state index in [9.17, 15) is 4.79 Å². The van der Waals surface area contributed by atoms with Gasteiger partial charge in [0.1, 0.15) is 17.1 Å². The Labute approximate surface area is 129 Å². The highest BCUT2D eigenvalue weighted by Crippen LogP contribution is 2.22. The summed E-state index contributed by atoms with van der Waals surface area (Å²) in [5.74, 6) is 0.939. The molecule has 0 unspecified atom stereocenters. The minimum Gasteiger partial charge on any atom is -0.493 e. The first-order valence-electron chi connectivity index (χ1n) is 7.02. The Kier molecular flexibility index (Phi) is 4.93. The standard InChI is InChI=1S/C16H19N3O3/c1-10(2)9-22-12-6-4-11(5-7-12)14-18-8-13(16(20)21)15(17-3)19-14/h4-8,10H,9H2,1-3H3,(H,20,21)(H,17,18,19). The third kappa shape index (κ3) is 3.72. The third-order valence-electron chi connectivity index (χ3n) is 2.95. The van der Waals surface area contributed by atoms with Gasteiger partial charge >= 0.3 is 5.97 Å². The minimum atomic E-state index is -1.06. The molecular formula is C16H19N3O3. The number of nitrogens with one attached hydrogen (secondary N) is 1. The highest BCUT2D eigenvalue weighted by molar-refractivity contribution is 5.93. The highest BCUT2D eigenvalue weighted by atomic mass is 16.5. The van der Waals surface area contributed by atoms with Crippen LogP contribution in [0.25, 0.3) is 11.4 Å². The molecule has 1 aromatic heterocycles. The zero-order valence-corrected chi connectivity index (χ0v) is 12.8. The van der Waals surface area contributed by atoms with Crippen molar-refractivity contribution in [1.82, 2.24) is 9.97 Å². The van der Waals surface area contributed by atoms with E-state index in [1.807, 2.05) is 24.3 Å². The van der Waals surface area contributed by atoms with E-state index < -0.39 is 5.97 Å². The first kappa shape index (κ1) is 15.8. The second kappa shape index (κ2) is 6.89. The van der Waals surface area contributed by atoms with Gasteiger partial charge in [-0.3, -0.25) is 0 Å². The van der Waals surface area contributed by atoms with E-state index in [1.165, 1.54) is 6.20 Å². The molecule has 6 heteroatoms. The molecule has 0 aliphatic rings. The highest BCUT2D eigenvalue weighted by Gasteiger charge is 2.13. The van der Waals surface area contributed by atoms with Gasteiger partial charge in [-0.25, -0.2) is 14.8 Å². The van der Waals surface area contributed by atoms with Crippen LogP contribution in [0.3, 0.4) is 0 Å². The zero-order chi connectivity index (χ0) is 16.1. The van der Waals surface area contributed by atoms with Crippen molar-refractivity contribution in [2.75, 3.05) is 19.0 Å². The molecule has 0 bridgehead atoms. The van der Waals surface area contributed by atoms with E-state index in [-0.39, 0.29) is 11.4 Å². The summed E-state index contributed by atoms with van der Waals surface area (Å²) in [7, 11) is 1.63. The number of rotatable bonds is 6. The molecule has 0 saturated carbocycles. The maximum absolute atomic E-state index is 11.1. The summed E-state index contributed by atoms with van der Waals surface area (Å²) >= 11 is 0. The monoisotopic (exact) mass is 301 g/mol. The maximum Gasteiger partial charge on any atom is 0.341 e. The number of carbonyl (C=O) groups is 1. The van der Waals surface area contributed by atoms with Gasteiger partial charge in [-0.15, -0.1) is 0 Å². The molecular weight excluding hydrogens is 282 g/mol. The molecule has 0 radical (unpaired) electrons. The molecule has 0 aliphatic carbocycles. The molecule has 0 saturated heterocycles. The molecule has 2 rings (SSSR count). The Hall–Kier alpha value is -2.63. The lowest BCUT2D eigenvalue weighted by atomic mass is 10.2. The van der Waals surface area contributed by atoms with Crippen LogP contribution in [0, 0.1) is 5.92 Å². The second-order valence-corrected chi connectivity index (χ2v) is 5.24. The van der Waals surface area contributed by atoms with Crippen LogP contribution in [0.1, 0.15) is 24.2 Å². The van der Waals surface area contributed by atoms with E-state index >= 15 is 0 Å². The summed E-state index contributed by atoms with van der Waals surface area (Å²) in [6.07, 6.45) is 1.31. The van der Waals surface area contributed by atoms with Gasteiger partial charge in [0.2, 0.25) is 0 Å². The fraction of sp³-hybridized carbons (Fsp3) is 0.312. The van der Waals surface area contributed by atoms with Gasteiger partial charge in [0, 0.05) is 18.8 Å². The first-order valence-corrected chi connectivity index (χ1v) is 7.02. The van der Waals surface area contributed by atoms with Crippen LogP contribution < -0.4 is 10.1 Å². The van der Waals surface area contributed by atoms with Crippen molar-refractivity contribution in [2.45, 2.75) is 13.8 Å². The lowest BCUT2D eigenvalue weighted by molar-refractivity contribution is 0.0697. The lowest BCUT2D eigenvalue weighted by Crippen LogP contribution is -2.07. The molecule has 1 heterocycles. The average molecular weight is 301 g/mol. The SMILES string of the molecule is CNc1nc(-c2ccc(OCC(C)C)cc2)ncc1C(=O)O. The minimum absolute atomic E-state index is 0.0446. The Balaban J connectivity index is 2.23. The second-order valence-electron chi connectivity index (χ2n) is 5.24. The lowest BCUT2D eigenvalue weighted by Gasteiger charge is -2.10. The van der Waals surface area contributed by atoms with E-state index in [2.05, 4.69) is 29.1 Å².